The highest BCUT2D eigenvalue weighted by Crippen LogP contribution is 2.27. The summed E-state index contributed by atoms with van der Waals surface area (Å²) in [5, 5.41) is 6.27. The molecule has 2 rings (SSSR count). The van der Waals surface area contributed by atoms with Crippen molar-refractivity contribution in [2.45, 2.75) is 18.8 Å². The van der Waals surface area contributed by atoms with Crippen molar-refractivity contribution in [3.8, 4) is 0 Å². The van der Waals surface area contributed by atoms with Gasteiger partial charge in [-0.25, -0.2) is 4.39 Å². The van der Waals surface area contributed by atoms with Gasteiger partial charge in [-0.1, -0.05) is 0 Å². The van der Waals surface area contributed by atoms with Crippen LogP contribution < -0.4 is 5.73 Å². The minimum absolute atomic E-state index is 0.0144. The van der Waals surface area contributed by atoms with Crippen molar-refractivity contribution in [2.75, 3.05) is 18.9 Å². The lowest BCUT2D eigenvalue weighted by atomic mass is 9.98. The smallest absolute Gasteiger partial charge is 0.188 e. The average molecular weight is 185 g/mol. The summed E-state index contributed by atoms with van der Waals surface area (Å²) in [5.41, 5.74) is 5.73. The predicted molar refractivity (Wildman–Crippen MR) is 45.8 cm³/mol. The first-order valence-electron chi connectivity index (χ1n) is 4.36. The molecule has 0 radical (unpaired) electrons. The van der Waals surface area contributed by atoms with Crippen LogP contribution in [0.5, 0.6) is 0 Å². The van der Waals surface area contributed by atoms with E-state index in [-0.39, 0.29) is 11.7 Å². The van der Waals surface area contributed by atoms with Crippen LogP contribution in [-0.2, 0) is 4.74 Å². The van der Waals surface area contributed by atoms with Crippen LogP contribution in [0.4, 0.5) is 10.2 Å². The van der Waals surface area contributed by atoms with E-state index in [0.717, 1.165) is 19.4 Å². The predicted octanol–water partition coefficient (Wildman–Crippen LogP) is 1.02. The highest BCUT2D eigenvalue weighted by atomic mass is 19.1. The van der Waals surface area contributed by atoms with Crippen molar-refractivity contribution in [1.82, 2.24) is 10.2 Å². The summed E-state index contributed by atoms with van der Waals surface area (Å²) in [7, 11) is 0. The first-order chi connectivity index (χ1) is 6.29. The van der Waals surface area contributed by atoms with Gasteiger partial charge in [-0.2, -0.15) is 5.10 Å². The van der Waals surface area contributed by atoms with Crippen LogP contribution in [0.3, 0.4) is 0 Å². The summed E-state index contributed by atoms with van der Waals surface area (Å²) >= 11 is 0. The van der Waals surface area contributed by atoms with Crippen LogP contribution >= 0.6 is 0 Å². The van der Waals surface area contributed by atoms with Crippen LogP contribution in [-0.4, -0.2) is 23.4 Å². The van der Waals surface area contributed by atoms with Crippen LogP contribution in [0.25, 0.3) is 0 Å². The van der Waals surface area contributed by atoms with Crippen LogP contribution in [0, 0.1) is 5.82 Å². The van der Waals surface area contributed by atoms with Gasteiger partial charge in [0.15, 0.2) is 11.6 Å². The summed E-state index contributed by atoms with van der Waals surface area (Å²) in [6.07, 6.45) is 1.87. The third-order valence-electron chi connectivity index (χ3n) is 2.31. The molecule has 2 heterocycles. The van der Waals surface area contributed by atoms with Crippen molar-refractivity contribution in [3.05, 3.63) is 11.5 Å². The Kier molecular flexibility index (Phi) is 2.18. The molecular weight excluding hydrogens is 173 g/mol. The molecular formula is C8H12FN3O. The van der Waals surface area contributed by atoms with E-state index in [1.807, 2.05) is 0 Å². The van der Waals surface area contributed by atoms with E-state index in [4.69, 9.17) is 10.5 Å². The number of hydrogen-bond acceptors (Lipinski definition) is 3. The van der Waals surface area contributed by atoms with Gasteiger partial charge in [0, 0.05) is 12.5 Å². The normalized spacial score (nSPS) is 23.3. The maximum absolute atomic E-state index is 13.3. The molecule has 1 aliphatic heterocycles. The van der Waals surface area contributed by atoms with Gasteiger partial charge in [-0.05, 0) is 12.8 Å². The molecule has 0 spiro atoms. The second-order valence-electron chi connectivity index (χ2n) is 3.25. The van der Waals surface area contributed by atoms with E-state index in [1.165, 1.54) is 0 Å². The molecule has 0 aliphatic carbocycles. The Morgan fingerprint density at radius 1 is 1.62 bits per heavy atom. The Morgan fingerprint density at radius 2 is 2.46 bits per heavy atom. The monoisotopic (exact) mass is 185 g/mol. The van der Waals surface area contributed by atoms with E-state index in [9.17, 15) is 4.39 Å². The summed E-state index contributed by atoms with van der Waals surface area (Å²) < 4.78 is 18.5. The quantitative estimate of drug-likeness (QED) is 0.686. The van der Waals surface area contributed by atoms with Gasteiger partial charge in [-0.15, -0.1) is 0 Å². The maximum atomic E-state index is 13.3. The number of ether oxygens (including phenoxy) is 1. The van der Waals surface area contributed by atoms with Crippen molar-refractivity contribution in [2.24, 2.45) is 0 Å². The molecule has 5 heteroatoms. The average Bonchev–Trinajstić information content (AvgIpc) is 2.49. The first kappa shape index (κ1) is 8.50. The molecule has 1 unspecified atom stereocenters. The molecule has 72 valence electrons. The number of nitrogens with zero attached hydrogens (tertiary/aromatic N) is 1. The highest BCUT2D eigenvalue weighted by molar-refractivity contribution is 5.33. The van der Waals surface area contributed by atoms with E-state index in [0.29, 0.717) is 12.3 Å². The number of rotatable bonds is 1. The Balaban J connectivity index is 2.18. The van der Waals surface area contributed by atoms with Crippen LogP contribution in [0.2, 0.25) is 0 Å². The zero-order valence-electron chi connectivity index (χ0n) is 7.22. The second kappa shape index (κ2) is 3.33. The van der Waals surface area contributed by atoms with E-state index < -0.39 is 5.82 Å². The number of hydrogen-bond donors (Lipinski definition) is 2. The molecule has 0 saturated carbocycles. The van der Waals surface area contributed by atoms with Gasteiger partial charge in [-0.3, -0.25) is 5.10 Å². The number of H-pyrrole nitrogens is 1. The van der Waals surface area contributed by atoms with Gasteiger partial charge in [0.2, 0.25) is 0 Å². The van der Waals surface area contributed by atoms with Gasteiger partial charge in [0.05, 0.1) is 6.61 Å². The fraction of sp³-hybridized carbons (Fsp3) is 0.625. The number of nitrogen functional groups attached to an aromatic ring is 1. The minimum Gasteiger partial charge on any atom is -0.382 e. The number of aromatic amines is 1. The summed E-state index contributed by atoms with van der Waals surface area (Å²) in [4.78, 5) is 0. The standard InChI is InChI=1S/C8H12FN3O/c9-6-7(11-12-8(6)10)5-2-1-3-13-4-5/h5H,1-4H2,(H3,10,11,12). The Hall–Kier alpha value is -1.10. The molecule has 13 heavy (non-hydrogen) atoms. The maximum Gasteiger partial charge on any atom is 0.188 e. The minimum atomic E-state index is -0.421. The molecule has 4 nitrogen and oxygen atoms in total. The fourth-order valence-corrected chi connectivity index (χ4v) is 1.58. The van der Waals surface area contributed by atoms with Crippen LogP contribution in [0.15, 0.2) is 0 Å². The highest BCUT2D eigenvalue weighted by Gasteiger charge is 2.23. The molecule has 1 aromatic heterocycles. The van der Waals surface area contributed by atoms with Crippen molar-refractivity contribution < 1.29 is 9.13 Å². The SMILES string of the molecule is Nc1[nH]nc(C2CCCOC2)c1F. The second-order valence-corrected chi connectivity index (χ2v) is 3.25. The van der Waals surface area contributed by atoms with Crippen LogP contribution in [0.1, 0.15) is 24.5 Å². The van der Waals surface area contributed by atoms with Gasteiger partial charge in [0.1, 0.15) is 5.69 Å². The fourth-order valence-electron chi connectivity index (χ4n) is 1.58. The molecule has 0 aromatic carbocycles. The first-order valence-corrected chi connectivity index (χ1v) is 4.36. The zero-order chi connectivity index (χ0) is 9.26. The lowest BCUT2D eigenvalue weighted by molar-refractivity contribution is 0.0783. The molecule has 1 atom stereocenters. The lowest BCUT2D eigenvalue weighted by Crippen LogP contribution is -2.16. The molecule has 1 aromatic rings. The molecule has 3 N–H and O–H groups in total. The number of halogens is 1. The third kappa shape index (κ3) is 1.51. The van der Waals surface area contributed by atoms with Gasteiger partial charge < -0.3 is 10.5 Å². The van der Waals surface area contributed by atoms with Crippen molar-refractivity contribution >= 4 is 5.82 Å². The molecule has 1 fully saturated rings. The molecule has 0 amide bonds. The summed E-state index contributed by atoms with van der Waals surface area (Å²) in [5.74, 6) is -0.349. The van der Waals surface area contributed by atoms with Crippen molar-refractivity contribution in [3.63, 3.8) is 0 Å². The Bertz CT molecular complexity index is 294. The number of nitrogens with one attached hydrogen (secondary N) is 1. The zero-order valence-corrected chi connectivity index (χ0v) is 7.22. The Labute approximate surface area is 75.3 Å². The van der Waals surface area contributed by atoms with Gasteiger partial charge in [0.25, 0.3) is 0 Å². The number of nitrogens with two attached hydrogens (primary N) is 1. The van der Waals surface area contributed by atoms with E-state index >= 15 is 0 Å². The summed E-state index contributed by atoms with van der Waals surface area (Å²) in [6.45, 7) is 1.30. The molecule has 0 bridgehead atoms. The van der Waals surface area contributed by atoms with Crippen molar-refractivity contribution in [1.29, 1.82) is 0 Å². The van der Waals surface area contributed by atoms with E-state index in [1.54, 1.807) is 0 Å². The van der Waals surface area contributed by atoms with E-state index in [2.05, 4.69) is 10.2 Å². The summed E-state index contributed by atoms with van der Waals surface area (Å²) in [6, 6.07) is 0. The molecule has 1 aliphatic rings. The largest absolute Gasteiger partial charge is 0.382 e. The number of anilines is 1. The lowest BCUT2D eigenvalue weighted by Gasteiger charge is -2.19. The molecule has 1 saturated heterocycles. The number of aromatic nitrogens is 2. The van der Waals surface area contributed by atoms with Gasteiger partial charge >= 0.3 is 0 Å². The Morgan fingerprint density at radius 3 is 3.00 bits per heavy atom. The third-order valence-corrected chi connectivity index (χ3v) is 2.31. The topological polar surface area (TPSA) is 63.9 Å².